The lowest BCUT2D eigenvalue weighted by Crippen LogP contribution is -2.43. The third-order valence-corrected chi connectivity index (χ3v) is 7.13. The maximum Gasteiger partial charge on any atom is 0.116 e. The highest BCUT2D eigenvalue weighted by molar-refractivity contribution is 6.95. The van der Waals surface area contributed by atoms with Crippen molar-refractivity contribution in [3.8, 4) is 0 Å². The highest BCUT2D eigenvalue weighted by atomic mass is 35.5. The summed E-state index contributed by atoms with van der Waals surface area (Å²) in [6, 6.07) is 10.6. The first-order chi connectivity index (χ1) is 8.62. The van der Waals surface area contributed by atoms with Gasteiger partial charge in [-0.15, -0.1) is 17.3 Å². The van der Waals surface area contributed by atoms with Crippen LogP contribution in [0.2, 0.25) is 13.1 Å². The SMILES string of the molecule is C[Si](C)(C(=C=CCO)CCCCl)c1ccccc1. The number of aliphatic hydroxyl groups is 1. The van der Waals surface area contributed by atoms with E-state index >= 15 is 0 Å². The third kappa shape index (κ3) is 4.15. The fourth-order valence-electron chi connectivity index (χ4n) is 2.01. The summed E-state index contributed by atoms with van der Waals surface area (Å²) in [5, 5.41) is 11.7. The topological polar surface area (TPSA) is 20.2 Å². The minimum atomic E-state index is -1.68. The highest BCUT2D eigenvalue weighted by Crippen LogP contribution is 2.19. The Bertz CT molecular complexity index is 419. The Morgan fingerprint density at radius 2 is 2.00 bits per heavy atom. The van der Waals surface area contributed by atoms with Crippen molar-refractivity contribution in [3.05, 3.63) is 47.3 Å². The van der Waals surface area contributed by atoms with E-state index in [0.29, 0.717) is 5.88 Å². The molecule has 0 aromatic heterocycles. The van der Waals surface area contributed by atoms with Crippen molar-refractivity contribution in [1.82, 2.24) is 0 Å². The Balaban J connectivity index is 3.07. The van der Waals surface area contributed by atoms with Crippen LogP contribution >= 0.6 is 11.6 Å². The summed E-state index contributed by atoms with van der Waals surface area (Å²) in [5.41, 5.74) is 3.29. The summed E-state index contributed by atoms with van der Waals surface area (Å²) in [7, 11) is -1.68. The number of hydrogen-bond donors (Lipinski definition) is 1. The Morgan fingerprint density at radius 1 is 1.33 bits per heavy atom. The van der Waals surface area contributed by atoms with Crippen LogP contribution in [-0.4, -0.2) is 25.7 Å². The minimum Gasteiger partial charge on any atom is -0.392 e. The Kier molecular flexibility index (Phi) is 6.45. The fourth-order valence-corrected chi connectivity index (χ4v) is 4.78. The van der Waals surface area contributed by atoms with Gasteiger partial charge >= 0.3 is 0 Å². The van der Waals surface area contributed by atoms with Crippen molar-refractivity contribution in [3.63, 3.8) is 0 Å². The predicted octanol–water partition coefficient (Wildman–Crippen LogP) is 3.23. The second-order valence-electron chi connectivity index (χ2n) is 4.79. The molecule has 0 saturated carbocycles. The van der Waals surface area contributed by atoms with Gasteiger partial charge in [-0.1, -0.05) is 48.6 Å². The molecule has 0 spiro atoms. The van der Waals surface area contributed by atoms with Crippen molar-refractivity contribution >= 4 is 24.9 Å². The molecular weight excluding hydrogens is 260 g/mol. The molecule has 0 heterocycles. The molecule has 18 heavy (non-hydrogen) atoms. The number of halogens is 1. The standard InChI is InChI=1S/C15H21ClOSi/c1-18(2,14-8-4-3-5-9-14)15(10-6-12-16)11-7-13-17/h3-5,7-9,17H,6,10,12-13H2,1-2H3. The maximum atomic E-state index is 8.93. The molecule has 0 amide bonds. The fraction of sp³-hybridized carbons (Fsp3) is 0.400. The average Bonchev–Trinajstić information content (AvgIpc) is 2.39. The first kappa shape index (κ1) is 15.3. The maximum absolute atomic E-state index is 8.93. The summed E-state index contributed by atoms with van der Waals surface area (Å²) < 4.78 is 0. The molecule has 0 unspecified atom stereocenters. The molecule has 0 aliphatic rings. The lowest BCUT2D eigenvalue weighted by Gasteiger charge is -2.25. The van der Waals surface area contributed by atoms with Gasteiger partial charge in [-0.3, -0.25) is 0 Å². The average molecular weight is 281 g/mol. The van der Waals surface area contributed by atoms with E-state index in [0.717, 1.165) is 12.8 Å². The van der Waals surface area contributed by atoms with Gasteiger partial charge in [0.2, 0.25) is 0 Å². The van der Waals surface area contributed by atoms with Crippen molar-refractivity contribution in [2.75, 3.05) is 12.5 Å². The van der Waals surface area contributed by atoms with E-state index in [1.165, 1.54) is 10.4 Å². The van der Waals surface area contributed by atoms with Gasteiger partial charge < -0.3 is 5.11 Å². The van der Waals surface area contributed by atoms with Crippen molar-refractivity contribution in [2.45, 2.75) is 25.9 Å². The first-order valence-electron chi connectivity index (χ1n) is 6.29. The van der Waals surface area contributed by atoms with Gasteiger partial charge in [-0.25, -0.2) is 0 Å². The van der Waals surface area contributed by atoms with Crippen LogP contribution in [0.5, 0.6) is 0 Å². The van der Waals surface area contributed by atoms with Gasteiger partial charge in [-0.2, -0.15) is 0 Å². The van der Waals surface area contributed by atoms with Crippen LogP contribution < -0.4 is 5.19 Å². The molecule has 1 nitrogen and oxygen atoms in total. The zero-order valence-corrected chi connectivity index (χ0v) is 12.9. The molecule has 0 radical (unpaired) electrons. The van der Waals surface area contributed by atoms with E-state index < -0.39 is 8.07 Å². The smallest absolute Gasteiger partial charge is 0.116 e. The number of rotatable bonds is 6. The van der Waals surface area contributed by atoms with E-state index in [-0.39, 0.29) is 6.61 Å². The van der Waals surface area contributed by atoms with Crippen molar-refractivity contribution < 1.29 is 5.11 Å². The quantitative estimate of drug-likeness (QED) is 0.482. The molecular formula is C15H21ClOSi. The summed E-state index contributed by atoms with van der Waals surface area (Å²) in [6.45, 7) is 4.69. The lowest BCUT2D eigenvalue weighted by molar-refractivity contribution is 0.343. The summed E-state index contributed by atoms with van der Waals surface area (Å²) >= 11 is 5.79. The second-order valence-corrected chi connectivity index (χ2v) is 9.60. The van der Waals surface area contributed by atoms with E-state index in [1.807, 2.05) is 6.07 Å². The van der Waals surface area contributed by atoms with Gasteiger partial charge in [0, 0.05) is 5.88 Å². The number of aliphatic hydroxyl groups excluding tert-OH is 1. The van der Waals surface area contributed by atoms with Gasteiger partial charge in [0.15, 0.2) is 0 Å². The van der Waals surface area contributed by atoms with Crippen LogP contribution in [0, 0.1) is 0 Å². The molecule has 0 aliphatic heterocycles. The number of benzene rings is 1. The lowest BCUT2D eigenvalue weighted by atomic mass is 10.3. The normalized spacial score (nSPS) is 10.9. The van der Waals surface area contributed by atoms with Crippen LogP contribution in [0.25, 0.3) is 0 Å². The van der Waals surface area contributed by atoms with Crippen LogP contribution in [-0.2, 0) is 0 Å². The first-order valence-corrected chi connectivity index (χ1v) is 9.83. The molecule has 0 atom stereocenters. The monoisotopic (exact) mass is 280 g/mol. The van der Waals surface area contributed by atoms with Crippen LogP contribution in [0.15, 0.2) is 47.3 Å². The Morgan fingerprint density at radius 3 is 2.56 bits per heavy atom. The van der Waals surface area contributed by atoms with Crippen LogP contribution in [0.3, 0.4) is 0 Å². The second kappa shape index (κ2) is 7.60. The minimum absolute atomic E-state index is 0.0453. The molecule has 98 valence electrons. The molecule has 0 bridgehead atoms. The summed E-state index contributed by atoms with van der Waals surface area (Å²) in [5.74, 6) is 0.670. The van der Waals surface area contributed by atoms with Gasteiger partial charge in [-0.05, 0) is 24.1 Å². The molecule has 3 heteroatoms. The zero-order chi connectivity index (χ0) is 13.4. The predicted molar refractivity (Wildman–Crippen MR) is 82.2 cm³/mol. The van der Waals surface area contributed by atoms with Crippen molar-refractivity contribution in [2.24, 2.45) is 0 Å². The van der Waals surface area contributed by atoms with Gasteiger partial charge in [0.05, 0.1) is 6.61 Å². The van der Waals surface area contributed by atoms with E-state index in [2.05, 4.69) is 43.1 Å². The van der Waals surface area contributed by atoms with Crippen LogP contribution in [0.1, 0.15) is 12.8 Å². The molecule has 1 N–H and O–H groups in total. The molecule has 0 saturated heterocycles. The summed E-state index contributed by atoms with van der Waals surface area (Å²) in [4.78, 5) is 0. The Hall–Kier alpha value is -0.793. The van der Waals surface area contributed by atoms with Crippen LogP contribution in [0.4, 0.5) is 0 Å². The Labute approximate surface area is 116 Å². The number of hydrogen-bond acceptors (Lipinski definition) is 1. The zero-order valence-electron chi connectivity index (χ0n) is 11.1. The molecule has 1 aromatic rings. The van der Waals surface area contributed by atoms with E-state index in [1.54, 1.807) is 6.08 Å². The van der Waals surface area contributed by atoms with E-state index in [9.17, 15) is 0 Å². The molecule has 1 rings (SSSR count). The third-order valence-electron chi connectivity index (χ3n) is 3.18. The molecule has 0 fully saturated rings. The van der Waals surface area contributed by atoms with Crippen molar-refractivity contribution in [1.29, 1.82) is 0 Å². The van der Waals surface area contributed by atoms with Gasteiger partial charge in [0.25, 0.3) is 0 Å². The largest absolute Gasteiger partial charge is 0.392 e. The molecule has 1 aromatic carbocycles. The highest BCUT2D eigenvalue weighted by Gasteiger charge is 2.27. The van der Waals surface area contributed by atoms with Gasteiger partial charge in [0.1, 0.15) is 8.07 Å². The summed E-state index contributed by atoms with van der Waals surface area (Å²) in [6.07, 6.45) is 3.64. The number of alkyl halides is 1. The molecule has 0 aliphatic carbocycles. The van der Waals surface area contributed by atoms with E-state index in [4.69, 9.17) is 16.7 Å².